The van der Waals surface area contributed by atoms with Crippen molar-refractivity contribution in [3.63, 3.8) is 0 Å². The smallest absolute Gasteiger partial charge is 0.396 e. The minimum atomic E-state index is -0.996. The van der Waals surface area contributed by atoms with Crippen molar-refractivity contribution < 1.29 is 14.3 Å². The maximum absolute atomic E-state index is 11.5. The number of ether oxygens (including phenoxy) is 1. The quantitative estimate of drug-likeness (QED) is 0.656. The molecule has 8 heteroatoms. The number of aromatic nitrogens is 3. The lowest BCUT2D eigenvalue weighted by Crippen LogP contribution is -2.24. The molecule has 0 bridgehead atoms. The third kappa shape index (κ3) is 2.89. The summed E-state index contributed by atoms with van der Waals surface area (Å²) in [5.74, 6) is -1.89. The number of hydrogen-bond donors (Lipinski definition) is 1. The Balaban J connectivity index is 2.36. The molecular formula is C11H9ClN4O3. The first kappa shape index (κ1) is 13.0. The van der Waals surface area contributed by atoms with E-state index in [4.69, 9.17) is 11.6 Å². The van der Waals surface area contributed by atoms with Crippen LogP contribution in [-0.4, -0.2) is 33.8 Å². The Morgan fingerprint density at radius 3 is 2.84 bits per heavy atom. The van der Waals surface area contributed by atoms with Gasteiger partial charge in [-0.2, -0.15) is 5.10 Å². The zero-order valence-electron chi connectivity index (χ0n) is 9.83. The van der Waals surface area contributed by atoms with E-state index in [1.165, 1.54) is 23.4 Å². The van der Waals surface area contributed by atoms with Gasteiger partial charge in [-0.05, 0) is 18.2 Å². The predicted molar refractivity (Wildman–Crippen MR) is 67.0 cm³/mol. The molecule has 7 nitrogen and oxygen atoms in total. The van der Waals surface area contributed by atoms with Crippen LogP contribution in [0.3, 0.4) is 0 Å². The fourth-order valence-electron chi connectivity index (χ4n) is 1.41. The second kappa shape index (κ2) is 5.49. The predicted octanol–water partition coefficient (Wildman–Crippen LogP) is 1.03. The highest BCUT2D eigenvalue weighted by molar-refractivity contribution is 6.37. The van der Waals surface area contributed by atoms with Gasteiger partial charge in [-0.1, -0.05) is 11.6 Å². The molecule has 0 fully saturated rings. The first-order valence-corrected chi connectivity index (χ1v) is 5.53. The molecule has 0 saturated carbocycles. The minimum Gasteiger partial charge on any atom is -0.462 e. The summed E-state index contributed by atoms with van der Waals surface area (Å²) in [5, 5.41) is 6.75. The number of methoxy groups -OCH3 is 1. The van der Waals surface area contributed by atoms with E-state index in [0.29, 0.717) is 16.4 Å². The number of amides is 1. The van der Waals surface area contributed by atoms with Gasteiger partial charge in [-0.3, -0.25) is 4.79 Å². The number of rotatable bonds is 2. The molecule has 1 aromatic carbocycles. The number of anilines is 1. The molecule has 2 aromatic rings. The van der Waals surface area contributed by atoms with Crippen LogP contribution in [0.1, 0.15) is 0 Å². The standard InChI is InChI=1S/C11H9ClN4O3/c1-19-11(18)10(17)15-8-4-7(12)2-3-9(8)16-6-13-5-14-16/h2-6H,1H3,(H,15,17). The molecule has 98 valence electrons. The van der Waals surface area contributed by atoms with E-state index in [-0.39, 0.29) is 0 Å². The Kier molecular flexibility index (Phi) is 3.76. The number of benzene rings is 1. The van der Waals surface area contributed by atoms with Gasteiger partial charge in [0.1, 0.15) is 12.7 Å². The Hall–Kier alpha value is -2.41. The van der Waals surface area contributed by atoms with E-state index >= 15 is 0 Å². The van der Waals surface area contributed by atoms with Gasteiger partial charge in [0.2, 0.25) is 0 Å². The zero-order valence-corrected chi connectivity index (χ0v) is 10.6. The summed E-state index contributed by atoms with van der Waals surface area (Å²) >= 11 is 5.86. The molecule has 1 heterocycles. The van der Waals surface area contributed by atoms with Crippen molar-refractivity contribution in [2.24, 2.45) is 0 Å². The van der Waals surface area contributed by atoms with Crippen molar-refractivity contribution in [1.82, 2.24) is 14.8 Å². The minimum absolute atomic E-state index is 0.327. The van der Waals surface area contributed by atoms with Gasteiger partial charge in [0.15, 0.2) is 0 Å². The lowest BCUT2D eigenvalue weighted by atomic mass is 10.2. The van der Waals surface area contributed by atoms with Crippen LogP contribution in [0.25, 0.3) is 5.69 Å². The van der Waals surface area contributed by atoms with Crippen molar-refractivity contribution in [2.75, 3.05) is 12.4 Å². The van der Waals surface area contributed by atoms with Crippen LogP contribution in [0.15, 0.2) is 30.9 Å². The zero-order chi connectivity index (χ0) is 13.8. The molecule has 0 aliphatic rings. The van der Waals surface area contributed by atoms with E-state index in [9.17, 15) is 9.59 Å². The molecule has 1 N–H and O–H groups in total. The summed E-state index contributed by atoms with van der Waals surface area (Å²) in [6, 6.07) is 4.77. The van der Waals surface area contributed by atoms with Crippen molar-refractivity contribution in [2.45, 2.75) is 0 Å². The highest BCUT2D eigenvalue weighted by Crippen LogP contribution is 2.23. The summed E-state index contributed by atoms with van der Waals surface area (Å²) in [4.78, 5) is 26.4. The summed E-state index contributed by atoms with van der Waals surface area (Å²) in [7, 11) is 1.12. The van der Waals surface area contributed by atoms with Crippen LogP contribution in [0, 0.1) is 0 Å². The Morgan fingerprint density at radius 2 is 2.21 bits per heavy atom. The van der Waals surface area contributed by atoms with E-state index in [1.807, 2.05) is 0 Å². The Morgan fingerprint density at radius 1 is 1.42 bits per heavy atom. The molecule has 0 unspecified atom stereocenters. The maximum atomic E-state index is 11.5. The second-order valence-corrected chi connectivity index (χ2v) is 3.88. The third-order valence-corrected chi connectivity index (χ3v) is 2.48. The lowest BCUT2D eigenvalue weighted by molar-refractivity contribution is -0.150. The summed E-state index contributed by atoms with van der Waals surface area (Å²) in [6.07, 6.45) is 2.80. The van der Waals surface area contributed by atoms with Crippen molar-refractivity contribution in [1.29, 1.82) is 0 Å². The Bertz CT molecular complexity index is 612. The van der Waals surface area contributed by atoms with Gasteiger partial charge < -0.3 is 10.1 Å². The molecule has 1 aromatic heterocycles. The van der Waals surface area contributed by atoms with Gasteiger partial charge in [-0.25, -0.2) is 14.5 Å². The SMILES string of the molecule is COC(=O)C(=O)Nc1cc(Cl)ccc1-n1cncn1. The van der Waals surface area contributed by atoms with Gasteiger partial charge in [0, 0.05) is 5.02 Å². The molecule has 0 spiro atoms. The molecule has 1 amide bonds. The van der Waals surface area contributed by atoms with E-state index in [1.54, 1.807) is 12.1 Å². The fraction of sp³-hybridized carbons (Fsp3) is 0.0909. The van der Waals surface area contributed by atoms with Gasteiger partial charge in [0.05, 0.1) is 18.5 Å². The maximum Gasteiger partial charge on any atom is 0.396 e. The first-order valence-electron chi connectivity index (χ1n) is 5.15. The highest BCUT2D eigenvalue weighted by Gasteiger charge is 2.16. The molecule has 0 aliphatic heterocycles. The second-order valence-electron chi connectivity index (χ2n) is 3.45. The van der Waals surface area contributed by atoms with Crippen LogP contribution in [0.2, 0.25) is 5.02 Å². The molecule has 19 heavy (non-hydrogen) atoms. The van der Waals surface area contributed by atoms with Crippen LogP contribution in [-0.2, 0) is 14.3 Å². The number of esters is 1. The van der Waals surface area contributed by atoms with Crippen LogP contribution in [0.5, 0.6) is 0 Å². The fourth-order valence-corrected chi connectivity index (χ4v) is 1.58. The number of nitrogens with zero attached hydrogens (tertiary/aromatic N) is 3. The number of nitrogens with one attached hydrogen (secondary N) is 1. The summed E-state index contributed by atoms with van der Waals surface area (Å²) in [6.45, 7) is 0. The Labute approximate surface area is 113 Å². The summed E-state index contributed by atoms with van der Waals surface area (Å²) < 4.78 is 5.76. The molecule has 0 radical (unpaired) electrons. The molecular weight excluding hydrogens is 272 g/mol. The van der Waals surface area contributed by atoms with Gasteiger partial charge >= 0.3 is 11.9 Å². The highest BCUT2D eigenvalue weighted by atomic mass is 35.5. The molecule has 0 saturated heterocycles. The normalized spacial score (nSPS) is 10.0. The van der Waals surface area contributed by atoms with Crippen molar-refractivity contribution in [3.8, 4) is 5.69 Å². The first-order chi connectivity index (χ1) is 9.11. The largest absolute Gasteiger partial charge is 0.462 e. The van der Waals surface area contributed by atoms with Crippen molar-refractivity contribution in [3.05, 3.63) is 35.9 Å². The van der Waals surface area contributed by atoms with Crippen LogP contribution < -0.4 is 5.32 Å². The van der Waals surface area contributed by atoms with Crippen LogP contribution >= 0.6 is 11.6 Å². The summed E-state index contributed by atoms with van der Waals surface area (Å²) in [5.41, 5.74) is 0.854. The molecule has 0 atom stereocenters. The number of hydrogen-bond acceptors (Lipinski definition) is 5. The van der Waals surface area contributed by atoms with E-state index in [0.717, 1.165) is 7.11 Å². The number of carbonyl (C=O) groups excluding carboxylic acids is 2. The molecule has 2 rings (SSSR count). The molecule has 0 aliphatic carbocycles. The van der Waals surface area contributed by atoms with Crippen molar-refractivity contribution >= 4 is 29.2 Å². The van der Waals surface area contributed by atoms with Gasteiger partial charge in [-0.15, -0.1) is 0 Å². The lowest BCUT2D eigenvalue weighted by Gasteiger charge is -2.10. The average molecular weight is 281 g/mol. The third-order valence-electron chi connectivity index (χ3n) is 2.24. The van der Waals surface area contributed by atoms with E-state index < -0.39 is 11.9 Å². The van der Waals surface area contributed by atoms with E-state index in [2.05, 4.69) is 20.1 Å². The topological polar surface area (TPSA) is 86.1 Å². The number of carbonyl (C=O) groups is 2. The van der Waals surface area contributed by atoms with Crippen LogP contribution in [0.4, 0.5) is 5.69 Å². The number of halogens is 1. The van der Waals surface area contributed by atoms with Gasteiger partial charge in [0.25, 0.3) is 0 Å². The monoisotopic (exact) mass is 280 g/mol. The average Bonchev–Trinajstić information content (AvgIpc) is 2.91.